The van der Waals surface area contributed by atoms with E-state index in [1.807, 2.05) is 30.6 Å². The van der Waals surface area contributed by atoms with E-state index in [1.54, 1.807) is 0 Å². The lowest BCUT2D eigenvalue weighted by Gasteiger charge is -2.42. The van der Waals surface area contributed by atoms with Crippen LogP contribution in [0.5, 0.6) is 0 Å². The first kappa shape index (κ1) is 19.4. The fourth-order valence-corrected chi connectivity index (χ4v) is 4.23. The maximum Gasteiger partial charge on any atom is 0.410 e. The van der Waals surface area contributed by atoms with Gasteiger partial charge in [-0.25, -0.2) is 19.2 Å². The number of anilines is 1. The van der Waals surface area contributed by atoms with Crippen LogP contribution < -0.4 is 4.90 Å². The molecule has 4 rings (SSSR count). The summed E-state index contributed by atoms with van der Waals surface area (Å²) >= 11 is 11.8. The van der Waals surface area contributed by atoms with E-state index in [9.17, 15) is 9.18 Å². The average molecular weight is 428 g/mol. The molecule has 2 fully saturated rings. The minimum atomic E-state index is -0.722. The number of nitrogens with zero attached hydrogens (tertiary/aromatic N) is 5. The molecule has 0 aliphatic carbocycles. The third-order valence-electron chi connectivity index (χ3n) is 4.98. The van der Waals surface area contributed by atoms with Gasteiger partial charge >= 0.3 is 6.09 Å². The van der Waals surface area contributed by atoms with Gasteiger partial charge in [0, 0.05) is 19.3 Å². The van der Waals surface area contributed by atoms with Crippen molar-refractivity contribution in [2.24, 2.45) is 0 Å². The van der Waals surface area contributed by atoms with Gasteiger partial charge in [0.15, 0.2) is 11.0 Å². The van der Waals surface area contributed by atoms with Crippen molar-refractivity contribution in [3.8, 4) is 0 Å². The lowest BCUT2D eigenvalue weighted by Crippen LogP contribution is -2.57. The Bertz CT molecular complexity index is 938. The second kappa shape index (κ2) is 6.84. The van der Waals surface area contributed by atoms with Gasteiger partial charge in [0.2, 0.25) is 5.28 Å². The molecular weight excluding hydrogens is 408 g/mol. The molecule has 2 aliphatic heterocycles. The molecule has 0 saturated carbocycles. The molecule has 10 heteroatoms. The van der Waals surface area contributed by atoms with Crippen LogP contribution in [0.2, 0.25) is 10.4 Å². The van der Waals surface area contributed by atoms with Gasteiger partial charge in [-0.05, 0) is 45.2 Å². The van der Waals surface area contributed by atoms with Crippen LogP contribution in [0, 0.1) is 5.82 Å². The van der Waals surface area contributed by atoms with Crippen molar-refractivity contribution in [1.29, 1.82) is 0 Å². The summed E-state index contributed by atoms with van der Waals surface area (Å²) in [7, 11) is 0. The van der Waals surface area contributed by atoms with Crippen molar-refractivity contribution in [2.45, 2.75) is 51.3 Å². The molecule has 2 unspecified atom stereocenters. The first-order valence-electron chi connectivity index (χ1n) is 9.07. The van der Waals surface area contributed by atoms with Crippen molar-refractivity contribution in [1.82, 2.24) is 19.9 Å². The third-order valence-corrected chi connectivity index (χ3v) is 5.41. The summed E-state index contributed by atoms with van der Waals surface area (Å²) in [5.74, 6) is -0.223. The second-order valence-corrected chi connectivity index (χ2v) is 8.82. The zero-order valence-electron chi connectivity index (χ0n) is 15.7. The minimum absolute atomic E-state index is 0.0116. The zero-order valence-corrected chi connectivity index (χ0v) is 17.3. The number of amides is 1. The van der Waals surface area contributed by atoms with Crippen LogP contribution in [-0.4, -0.2) is 56.7 Å². The summed E-state index contributed by atoms with van der Waals surface area (Å²) in [6, 6.07) is -0.0232. The normalized spacial score (nSPS) is 22.1. The summed E-state index contributed by atoms with van der Waals surface area (Å²) in [5, 5.41) is 0.116. The summed E-state index contributed by atoms with van der Waals surface area (Å²) in [4.78, 5) is 28.6. The molecule has 0 N–H and O–H groups in total. The van der Waals surface area contributed by atoms with E-state index in [0.29, 0.717) is 24.3 Å². The van der Waals surface area contributed by atoms with E-state index < -0.39 is 11.4 Å². The minimum Gasteiger partial charge on any atom is -0.444 e. The van der Waals surface area contributed by atoms with Gasteiger partial charge in [-0.15, -0.1) is 0 Å². The van der Waals surface area contributed by atoms with E-state index >= 15 is 0 Å². The summed E-state index contributed by atoms with van der Waals surface area (Å²) in [5.41, 5.74) is -0.510. The Morgan fingerprint density at radius 2 is 1.86 bits per heavy atom. The number of ether oxygens (including phenoxy) is 1. The topological polar surface area (TPSA) is 71.5 Å². The van der Waals surface area contributed by atoms with Gasteiger partial charge in [0.25, 0.3) is 0 Å². The average Bonchev–Trinajstić information content (AvgIpc) is 2.87. The SMILES string of the molecule is CC(C)(C)OC(=O)N1C2CCC1CN(c1nc(Cl)nc3c(F)c(Cl)ncc13)C2. The predicted molar refractivity (Wildman–Crippen MR) is 104 cm³/mol. The van der Waals surface area contributed by atoms with Crippen LogP contribution in [0.15, 0.2) is 6.20 Å². The molecule has 0 radical (unpaired) electrons. The molecule has 2 aromatic heterocycles. The Labute approximate surface area is 171 Å². The fraction of sp³-hybridized carbons (Fsp3) is 0.556. The van der Waals surface area contributed by atoms with Crippen molar-refractivity contribution >= 4 is 46.0 Å². The maximum atomic E-state index is 14.4. The Balaban J connectivity index is 1.65. The highest BCUT2D eigenvalue weighted by molar-refractivity contribution is 6.30. The monoisotopic (exact) mass is 427 g/mol. The first-order chi connectivity index (χ1) is 13.1. The van der Waals surface area contributed by atoms with Gasteiger partial charge in [0.1, 0.15) is 16.9 Å². The highest BCUT2D eigenvalue weighted by atomic mass is 35.5. The second-order valence-electron chi connectivity index (χ2n) is 8.12. The summed E-state index contributed by atoms with van der Waals surface area (Å²) in [6.07, 6.45) is 2.89. The highest BCUT2D eigenvalue weighted by Crippen LogP contribution is 2.36. The molecule has 2 bridgehead atoms. The number of piperazine rings is 1. The van der Waals surface area contributed by atoms with Crippen LogP contribution in [0.4, 0.5) is 15.0 Å². The number of hydrogen-bond acceptors (Lipinski definition) is 6. The van der Waals surface area contributed by atoms with Crippen molar-refractivity contribution in [3.05, 3.63) is 22.5 Å². The van der Waals surface area contributed by atoms with Gasteiger partial charge in [-0.1, -0.05) is 11.6 Å². The fourth-order valence-electron chi connectivity index (χ4n) is 3.92. The standard InChI is InChI=1S/C18H20Cl2FN5O2/c1-18(2,3)28-17(27)26-9-4-5-10(26)8-25(7-9)15-11-6-22-14(19)12(21)13(11)23-16(20)24-15/h6,9-10H,4-5,7-8H2,1-3H3. The van der Waals surface area contributed by atoms with Crippen molar-refractivity contribution in [3.63, 3.8) is 0 Å². The molecule has 0 aromatic carbocycles. The van der Waals surface area contributed by atoms with E-state index in [0.717, 1.165) is 12.8 Å². The molecule has 2 atom stereocenters. The molecule has 28 heavy (non-hydrogen) atoms. The quantitative estimate of drug-likeness (QED) is 0.504. The molecule has 2 saturated heterocycles. The number of fused-ring (bicyclic) bond motifs is 3. The number of halogens is 3. The van der Waals surface area contributed by atoms with Gasteiger partial charge in [-0.3, -0.25) is 4.90 Å². The van der Waals surface area contributed by atoms with Crippen LogP contribution >= 0.6 is 23.2 Å². The van der Waals surface area contributed by atoms with E-state index in [-0.39, 0.29) is 34.1 Å². The Morgan fingerprint density at radius 1 is 1.21 bits per heavy atom. The van der Waals surface area contributed by atoms with Crippen molar-refractivity contribution < 1.29 is 13.9 Å². The van der Waals surface area contributed by atoms with E-state index in [2.05, 4.69) is 15.0 Å². The molecule has 0 spiro atoms. The number of carbonyl (C=O) groups excluding carboxylic acids is 1. The molecule has 2 aromatic rings. The molecule has 4 heterocycles. The van der Waals surface area contributed by atoms with Gasteiger partial charge in [-0.2, -0.15) is 4.98 Å². The van der Waals surface area contributed by atoms with Gasteiger partial charge < -0.3 is 9.64 Å². The van der Waals surface area contributed by atoms with Crippen molar-refractivity contribution in [2.75, 3.05) is 18.0 Å². The number of aromatic nitrogens is 3. The van der Waals surface area contributed by atoms with Crippen LogP contribution in [0.3, 0.4) is 0 Å². The number of rotatable bonds is 1. The summed E-state index contributed by atoms with van der Waals surface area (Å²) in [6.45, 7) is 6.64. The van der Waals surface area contributed by atoms with Crippen LogP contribution in [0.25, 0.3) is 10.9 Å². The summed E-state index contributed by atoms with van der Waals surface area (Å²) < 4.78 is 19.9. The largest absolute Gasteiger partial charge is 0.444 e. The van der Waals surface area contributed by atoms with Crippen LogP contribution in [-0.2, 0) is 4.74 Å². The molecule has 7 nitrogen and oxygen atoms in total. The first-order valence-corrected chi connectivity index (χ1v) is 9.83. The Morgan fingerprint density at radius 3 is 2.46 bits per heavy atom. The van der Waals surface area contributed by atoms with E-state index in [1.165, 1.54) is 6.20 Å². The number of carbonyl (C=O) groups is 1. The lowest BCUT2D eigenvalue weighted by molar-refractivity contribution is 0.0123. The molecular formula is C18H20Cl2FN5O2. The Kier molecular flexibility index (Phi) is 4.74. The number of pyridine rings is 1. The third kappa shape index (κ3) is 3.43. The van der Waals surface area contributed by atoms with Crippen LogP contribution in [0.1, 0.15) is 33.6 Å². The highest BCUT2D eigenvalue weighted by Gasteiger charge is 2.45. The Hall–Kier alpha value is -1.93. The predicted octanol–water partition coefficient (Wildman–Crippen LogP) is 4.06. The van der Waals surface area contributed by atoms with Gasteiger partial charge in [0.05, 0.1) is 17.5 Å². The number of hydrogen-bond donors (Lipinski definition) is 0. The smallest absolute Gasteiger partial charge is 0.410 e. The molecule has 1 amide bonds. The maximum absolute atomic E-state index is 14.4. The van der Waals surface area contributed by atoms with E-state index in [4.69, 9.17) is 27.9 Å². The molecule has 2 aliphatic rings. The zero-order chi connectivity index (χ0) is 20.2. The molecule has 150 valence electrons. The lowest BCUT2D eigenvalue weighted by atomic mass is 10.1.